The molecule has 1 saturated heterocycles. The number of hydrogen-bond acceptors (Lipinski definition) is 4. The van der Waals surface area contributed by atoms with Gasteiger partial charge >= 0.3 is 0 Å². The number of carbonyl (C=O) groups is 2. The maximum atomic E-state index is 12.4. The van der Waals surface area contributed by atoms with E-state index in [9.17, 15) is 9.59 Å². The molecule has 1 aliphatic heterocycles. The van der Waals surface area contributed by atoms with Gasteiger partial charge in [0.1, 0.15) is 5.69 Å². The molecular formula is C11H17N5O2. The molecule has 0 aromatic carbocycles. The number of nitrogen functional groups attached to an aromatic ring is 1. The van der Waals surface area contributed by atoms with E-state index >= 15 is 0 Å². The lowest BCUT2D eigenvalue weighted by molar-refractivity contribution is -0.120. The molecule has 1 aliphatic rings. The van der Waals surface area contributed by atoms with Crippen LogP contribution < -0.4 is 11.1 Å². The SMILES string of the molecule is CCn1ncc(N)c1C(=O)N1CCNC(=O)CC1. The zero-order chi connectivity index (χ0) is 13.1. The molecular weight excluding hydrogens is 234 g/mol. The molecule has 98 valence electrons. The molecule has 0 aliphatic carbocycles. The highest BCUT2D eigenvalue weighted by molar-refractivity contribution is 5.97. The van der Waals surface area contributed by atoms with Crippen molar-refractivity contribution in [3.63, 3.8) is 0 Å². The molecule has 0 saturated carbocycles. The average Bonchev–Trinajstić information content (AvgIpc) is 2.59. The smallest absolute Gasteiger partial charge is 0.274 e. The lowest BCUT2D eigenvalue weighted by atomic mass is 10.3. The third kappa shape index (κ3) is 2.29. The molecule has 0 bridgehead atoms. The first-order valence-electron chi connectivity index (χ1n) is 6.00. The second-order valence-electron chi connectivity index (χ2n) is 4.16. The Morgan fingerprint density at radius 1 is 1.56 bits per heavy atom. The molecule has 7 nitrogen and oxygen atoms in total. The first kappa shape index (κ1) is 12.4. The number of nitrogens with two attached hydrogens (primary N) is 1. The molecule has 1 aromatic rings. The van der Waals surface area contributed by atoms with E-state index in [1.165, 1.54) is 6.20 Å². The summed E-state index contributed by atoms with van der Waals surface area (Å²) in [6, 6.07) is 0. The number of amides is 2. The highest BCUT2D eigenvalue weighted by atomic mass is 16.2. The fourth-order valence-electron chi connectivity index (χ4n) is 1.99. The Morgan fingerprint density at radius 3 is 3.06 bits per heavy atom. The molecule has 7 heteroatoms. The van der Waals surface area contributed by atoms with Gasteiger partial charge in [0.15, 0.2) is 0 Å². The van der Waals surface area contributed by atoms with Crippen molar-refractivity contribution < 1.29 is 9.59 Å². The topological polar surface area (TPSA) is 93.2 Å². The minimum absolute atomic E-state index is 0.0257. The highest BCUT2D eigenvalue weighted by Gasteiger charge is 2.24. The van der Waals surface area contributed by atoms with Gasteiger partial charge in [0.25, 0.3) is 5.91 Å². The van der Waals surface area contributed by atoms with Crippen LogP contribution >= 0.6 is 0 Å². The van der Waals surface area contributed by atoms with Crippen LogP contribution in [0.25, 0.3) is 0 Å². The van der Waals surface area contributed by atoms with Crippen molar-refractivity contribution in [1.82, 2.24) is 20.0 Å². The maximum Gasteiger partial charge on any atom is 0.274 e. The van der Waals surface area contributed by atoms with Crippen molar-refractivity contribution in [2.24, 2.45) is 0 Å². The van der Waals surface area contributed by atoms with Gasteiger partial charge < -0.3 is 16.0 Å². The van der Waals surface area contributed by atoms with Crippen LogP contribution in [0, 0.1) is 0 Å². The molecule has 0 radical (unpaired) electrons. The summed E-state index contributed by atoms with van der Waals surface area (Å²) in [6.07, 6.45) is 1.81. The number of hydrogen-bond donors (Lipinski definition) is 2. The lowest BCUT2D eigenvalue weighted by Gasteiger charge is -2.20. The van der Waals surface area contributed by atoms with Gasteiger partial charge in [-0.15, -0.1) is 0 Å². The van der Waals surface area contributed by atoms with Crippen molar-refractivity contribution in [3.8, 4) is 0 Å². The van der Waals surface area contributed by atoms with Crippen LogP contribution in [0.3, 0.4) is 0 Å². The highest BCUT2D eigenvalue weighted by Crippen LogP contribution is 2.14. The van der Waals surface area contributed by atoms with E-state index in [2.05, 4.69) is 10.4 Å². The van der Waals surface area contributed by atoms with E-state index in [0.717, 1.165) is 0 Å². The van der Waals surface area contributed by atoms with Gasteiger partial charge in [0, 0.05) is 32.6 Å². The summed E-state index contributed by atoms with van der Waals surface area (Å²) >= 11 is 0. The minimum Gasteiger partial charge on any atom is -0.396 e. The van der Waals surface area contributed by atoms with Gasteiger partial charge in [-0.2, -0.15) is 5.10 Å². The Labute approximate surface area is 105 Å². The normalized spacial score (nSPS) is 16.3. The summed E-state index contributed by atoms with van der Waals surface area (Å²) in [5.41, 5.74) is 6.57. The third-order valence-corrected chi connectivity index (χ3v) is 2.97. The summed E-state index contributed by atoms with van der Waals surface area (Å²) in [6.45, 7) is 3.88. The minimum atomic E-state index is -0.164. The lowest BCUT2D eigenvalue weighted by Crippen LogP contribution is -2.35. The summed E-state index contributed by atoms with van der Waals surface area (Å²) < 4.78 is 1.58. The molecule has 18 heavy (non-hydrogen) atoms. The summed E-state index contributed by atoms with van der Waals surface area (Å²) in [5.74, 6) is -0.189. The van der Waals surface area contributed by atoms with Crippen LogP contribution in [0.4, 0.5) is 5.69 Å². The van der Waals surface area contributed by atoms with E-state index < -0.39 is 0 Å². The van der Waals surface area contributed by atoms with Crippen molar-refractivity contribution in [3.05, 3.63) is 11.9 Å². The molecule has 2 heterocycles. The molecule has 0 atom stereocenters. The number of nitrogens with zero attached hydrogens (tertiary/aromatic N) is 3. The van der Waals surface area contributed by atoms with Crippen LogP contribution in [0.15, 0.2) is 6.20 Å². The summed E-state index contributed by atoms with van der Waals surface area (Å²) in [7, 11) is 0. The first-order chi connectivity index (χ1) is 8.63. The monoisotopic (exact) mass is 251 g/mol. The molecule has 2 amide bonds. The van der Waals surface area contributed by atoms with Crippen LogP contribution in [-0.4, -0.2) is 46.1 Å². The maximum absolute atomic E-state index is 12.4. The van der Waals surface area contributed by atoms with Crippen LogP contribution in [0.5, 0.6) is 0 Å². The number of rotatable bonds is 2. The number of aromatic nitrogens is 2. The molecule has 3 N–H and O–H groups in total. The standard InChI is InChI=1S/C11H17N5O2/c1-2-16-10(8(12)7-14-16)11(18)15-5-3-9(17)13-4-6-15/h7H,2-6,12H2,1H3,(H,13,17). The van der Waals surface area contributed by atoms with Gasteiger partial charge in [0.2, 0.25) is 5.91 Å². The van der Waals surface area contributed by atoms with Gasteiger partial charge in [-0.25, -0.2) is 0 Å². The van der Waals surface area contributed by atoms with Gasteiger partial charge in [-0.3, -0.25) is 14.3 Å². The van der Waals surface area contributed by atoms with Crippen molar-refractivity contribution >= 4 is 17.5 Å². The third-order valence-electron chi connectivity index (χ3n) is 2.97. The predicted molar refractivity (Wildman–Crippen MR) is 65.8 cm³/mol. The van der Waals surface area contributed by atoms with Crippen LogP contribution in [0.1, 0.15) is 23.8 Å². The number of nitrogens with one attached hydrogen (secondary N) is 1. The van der Waals surface area contributed by atoms with Crippen molar-refractivity contribution in [2.75, 3.05) is 25.4 Å². The van der Waals surface area contributed by atoms with Gasteiger partial charge in [-0.1, -0.05) is 0 Å². The second-order valence-corrected chi connectivity index (χ2v) is 4.16. The summed E-state index contributed by atoms with van der Waals surface area (Å²) in [4.78, 5) is 25.2. The molecule has 0 unspecified atom stereocenters. The van der Waals surface area contributed by atoms with E-state index in [1.807, 2.05) is 6.92 Å². The first-order valence-corrected chi connectivity index (χ1v) is 6.00. The zero-order valence-electron chi connectivity index (χ0n) is 10.3. The predicted octanol–water partition coefficient (Wildman–Crippen LogP) is -0.553. The van der Waals surface area contributed by atoms with Crippen LogP contribution in [-0.2, 0) is 11.3 Å². The number of anilines is 1. The van der Waals surface area contributed by atoms with E-state index in [1.54, 1.807) is 9.58 Å². The average molecular weight is 251 g/mol. The largest absolute Gasteiger partial charge is 0.396 e. The van der Waals surface area contributed by atoms with E-state index in [-0.39, 0.29) is 11.8 Å². The number of aryl methyl sites for hydroxylation is 1. The molecule has 1 fully saturated rings. The second kappa shape index (κ2) is 5.07. The Bertz CT molecular complexity index is 468. The zero-order valence-corrected chi connectivity index (χ0v) is 10.3. The Morgan fingerprint density at radius 2 is 2.33 bits per heavy atom. The fraction of sp³-hybridized carbons (Fsp3) is 0.545. The number of carbonyl (C=O) groups excluding carboxylic acids is 2. The molecule has 0 spiro atoms. The van der Waals surface area contributed by atoms with E-state index in [4.69, 9.17) is 5.73 Å². The Balaban J connectivity index is 2.19. The van der Waals surface area contributed by atoms with E-state index in [0.29, 0.717) is 44.0 Å². The molecule has 2 rings (SSSR count). The van der Waals surface area contributed by atoms with Gasteiger partial charge in [-0.05, 0) is 6.92 Å². The Hall–Kier alpha value is -2.05. The summed E-state index contributed by atoms with van der Waals surface area (Å²) in [5, 5.41) is 6.78. The van der Waals surface area contributed by atoms with Crippen molar-refractivity contribution in [2.45, 2.75) is 19.9 Å². The fourth-order valence-corrected chi connectivity index (χ4v) is 1.99. The van der Waals surface area contributed by atoms with Crippen molar-refractivity contribution in [1.29, 1.82) is 0 Å². The molecule has 1 aromatic heterocycles. The quantitative estimate of drug-likeness (QED) is 0.737. The van der Waals surface area contributed by atoms with Crippen LogP contribution in [0.2, 0.25) is 0 Å². The Kier molecular flexibility index (Phi) is 3.50. The van der Waals surface area contributed by atoms with Gasteiger partial charge in [0.05, 0.1) is 11.9 Å².